The molecule has 4 heteroatoms. The molecule has 0 saturated heterocycles. The van der Waals surface area contributed by atoms with Gasteiger partial charge in [0.15, 0.2) is 0 Å². The largest absolute Gasteiger partial charge is 0.398 e. The number of nitrogen functional groups attached to an aromatic ring is 1. The molecule has 0 spiro atoms. The van der Waals surface area contributed by atoms with E-state index in [4.69, 9.17) is 5.73 Å². The van der Waals surface area contributed by atoms with Crippen molar-refractivity contribution in [1.29, 1.82) is 0 Å². The second-order valence-electron chi connectivity index (χ2n) is 5.56. The van der Waals surface area contributed by atoms with Crippen LogP contribution in [0.25, 0.3) is 0 Å². The van der Waals surface area contributed by atoms with Crippen molar-refractivity contribution in [3.8, 4) is 0 Å². The van der Waals surface area contributed by atoms with Crippen molar-refractivity contribution in [1.82, 2.24) is 4.90 Å². The first kappa shape index (κ1) is 14.8. The number of amides is 1. The van der Waals surface area contributed by atoms with Crippen LogP contribution in [-0.4, -0.2) is 23.4 Å². The number of benzene rings is 1. The predicted octanol–water partition coefficient (Wildman–Crippen LogP) is 3.51. The highest BCUT2D eigenvalue weighted by molar-refractivity contribution is 5.95. The van der Waals surface area contributed by atoms with Crippen molar-refractivity contribution in [3.63, 3.8) is 0 Å². The van der Waals surface area contributed by atoms with E-state index in [1.165, 1.54) is 25.3 Å². The first-order valence-electron chi connectivity index (χ1n) is 7.41. The fraction of sp³-hybridized carbons (Fsp3) is 0.562. The van der Waals surface area contributed by atoms with Crippen molar-refractivity contribution in [2.24, 2.45) is 0 Å². The van der Waals surface area contributed by atoms with Crippen LogP contribution in [0.5, 0.6) is 0 Å². The predicted molar refractivity (Wildman–Crippen MR) is 79.1 cm³/mol. The molecule has 110 valence electrons. The molecule has 0 aliphatic heterocycles. The highest BCUT2D eigenvalue weighted by Crippen LogP contribution is 2.25. The molecule has 2 rings (SSSR count). The smallest absolute Gasteiger partial charge is 0.254 e. The summed E-state index contributed by atoms with van der Waals surface area (Å²) in [5.74, 6) is -0.516. The van der Waals surface area contributed by atoms with Gasteiger partial charge in [0.2, 0.25) is 0 Å². The number of carbonyl (C=O) groups excluding carboxylic acids is 1. The number of nitrogens with zero attached hydrogens (tertiary/aromatic N) is 1. The first-order chi connectivity index (χ1) is 9.54. The molecule has 2 N–H and O–H groups in total. The summed E-state index contributed by atoms with van der Waals surface area (Å²) in [7, 11) is 0. The maximum absolute atomic E-state index is 13.8. The third-order valence-corrected chi connectivity index (χ3v) is 4.25. The highest BCUT2D eigenvalue weighted by atomic mass is 19.1. The van der Waals surface area contributed by atoms with Crippen LogP contribution in [0, 0.1) is 12.7 Å². The molecule has 0 heterocycles. The van der Waals surface area contributed by atoms with E-state index in [1.807, 2.05) is 11.8 Å². The van der Waals surface area contributed by atoms with Gasteiger partial charge >= 0.3 is 0 Å². The molecular formula is C16H23FN2O. The van der Waals surface area contributed by atoms with Gasteiger partial charge in [-0.25, -0.2) is 4.39 Å². The lowest BCUT2D eigenvalue weighted by molar-refractivity contribution is 0.0647. The number of halogens is 1. The molecule has 1 saturated carbocycles. The minimum atomic E-state index is -0.409. The third-order valence-electron chi connectivity index (χ3n) is 4.25. The number of anilines is 1. The zero-order valence-electron chi connectivity index (χ0n) is 12.3. The molecule has 20 heavy (non-hydrogen) atoms. The van der Waals surface area contributed by atoms with Crippen molar-refractivity contribution in [3.05, 3.63) is 29.1 Å². The second kappa shape index (κ2) is 6.25. The van der Waals surface area contributed by atoms with E-state index in [0.717, 1.165) is 12.8 Å². The van der Waals surface area contributed by atoms with Gasteiger partial charge in [-0.2, -0.15) is 0 Å². The maximum atomic E-state index is 13.8. The van der Waals surface area contributed by atoms with Gasteiger partial charge in [0.1, 0.15) is 5.82 Å². The Bertz CT molecular complexity index is 472. The molecule has 1 aliphatic rings. The van der Waals surface area contributed by atoms with Crippen LogP contribution >= 0.6 is 0 Å². The van der Waals surface area contributed by atoms with E-state index in [-0.39, 0.29) is 11.9 Å². The van der Waals surface area contributed by atoms with Gasteiger partial charge in [-0.05, 0) is 38.8 Å². The molecule has 1 fully saturated rings. The standard InChI is InChI=1S/C16H23FN2O/c1-3-19(13-7-5-4-6-8-13)16(20)12-9-14(17)11(2)15(18)10-12/h9-10,13H,3-8,18H2,1-2H3. The summed E-state index contributed by atoms with van der Waals surface area (Å²) in [5, 5.41) is 0. The monoisotopic (exact) mass is 278 g/mol. The number of hydrogen-bond donors (Lipinski definition) is 1. The summed E-state index contributed by atoms with van der Waals surface area (Å²) >= 11 is 0. The van der Waals surface area contributed by atoms with Gasteiger partial charge in [-0.3, -0.25) is 4.79 Å². The Balaban J connectivity index is 2.24. The van der Waals surface area contributed by atoms with Crippen LogP contribution in [-0.2, 0) is 0 Å². The molecule has 0 bridgehead atoms. The Morgan fingerprint density at radius 2 is 2.00 bits per heavy atom. The summed E-state index contributed by atoms with van der Waals surface area (Å²) in [6.07, 6.45) is 5.67. The lowest BCUT2D eigenvalue weighted by Crippen LogP contribution is -2.41. The molecule has 0 atom stereocenters. The molecule has 1 aromatic rings. The molecule has 0 unspecified atom stereocenters. The number of rotatable bonds is 3. The molecule has 1 aromatic carbocycles. The Labute approximate surface area is 120 Å². The topological polar surface area (TPSA) is 46.3 Å². The quantitative estimate of drug-likeness (QED) is 0.860. The van der Waals surface area contributed by atoms with Crippen molar-refractivity contribution >= 4 is 11.6 Å². The first-order valence-corrected chi connectivity index (χ1v) is 7.41. The van der Waals surface area contributed by atoms with Gasteiger partial charge in [0.25, 0.3) is 5.91 Å². The highest BCUT2D eigenvalue weighted by Gasteiger charge is 2.25. The van der Waals surface area contributed by atoms with Crippen molar-refractivity contribution in [2.75, 3.05) is 12.3 Å². The Morgan fingerprint density at radius 1 is 1.35 bits per heavy atom. The minimum Gasteiger partial charge on any atom is -0.398 e. The van der Waals surface area contributed by atoms with E-state index in [0.29, 0.717) is 23.4 Å². The van der Waals surface area contributed by atoms with Gasteiger partial charge in [0.05, 0.1) is 0 Å². The summed E-state index contributed by atoms with van der Waals surface area (Å²) in [4.78, 5) is 14.5. The summed E-state index contributed by atoms with van der Waals surface area (Å²) in [6, 6.07) is 3.18. The SMILES string of the molecule is CCN(C(=O)c1cc(N)c(C)c(F)c1)C1CCCCC1. The zero-order chi connectivity index (χ0) is 14.7. The van der Waals surface area contributed by atoms with E-state index in [9.17, 15) is 9.18 Å². The summed E-state index contributed by atoms with van der Waals surface area (Å²) < 4.78 is 13.8. The van der Waals surface area contributed by atoms with Crippen molar-refractivity contribution < 1.29 is 9.18 Å². The van der Waals surface area contributed by atoms with E-state index in [2.05, 4.69) is 0 Å². The molecule has 0 radical (unpaired) electrons. The van der Waals surface area contributed by atoms with Gasteiger partial charge in [-0.1, -0.05) is 19.3 Å². The van der Waals surface area contributed by atoms with Crippen LogP contribution in [0.3, 0.4) is 0 Å². The zero-order valence-corrected chi connectivity index (χ0v) is 12.3. The Kier molecular flexibility index (Phi) is 4.63. The summed E-state index contributed by atoms with van der Waals surface area (Å²) in [6.45, 7) is 4.25. The molecule has 1 amide bonds. The Morgan fingerprint density at radius 3 is 2.55 bits per heavy atom. The van der Waals surface area contributed by atoms with E-state index < -0.39 is 5.82 Å². The molecule has 3 nitrogen and oxygen atoms in total. The van der Waals surface area contributed by atoms with Crippen LogP contribution in [0.4, 0.5) is 10.1 Å². The van der Waals surface area contributed by atoms with Gasteiger partial charge in [-0.15, -0.1) is 0 Å². The molecule has 1 aliphatic carbocycles. The summed E-state index contributed by atoms with van der Waals surface area (Å²) in [5.41, 5.74) is 6.87. The van der Waals surface area contributed by atoms with Gasteiger partial charge in [0, 0.05) is 29.4 Å². The minimum absolute atomic E-state index is 0.106. The van der Waals surface area contributed by atoms with Crippen LogP contribution < -0.4 is 5.73 Å². The second-order valence-corrected chi connectivity index (χ2v) is 5.56. The van der Waals surface area contributed by atoms with Crippen molar-refractivity contribution in [2.45, 2.75) is 52.0 Å². The van der Waals surface area contributed by atoms with Crippen LogP contribution in [0.15, 0.2) is 12.1 Å². The average molecular weight is 278 g/mol. The normalized spacial score (nSPS) is 16.1. The fourth-order valence-corrected chi connectivity index (χ4v) is 2.95. The number of hydrogen-bond acceptors (Lipinski definition) is 2. The number of nitrogens with two attached hydrogens (primary N) is 1. The van der Waals surface area contributed by atoms with E-state index >= 15 is 0 Å². The lowest BCUT2D eigenvalue weighted by atomic mass is 9.93. The van der Waals surface area contributed by atoms with Crippen LogP contribution in [0.2, 0.25) is 0 Å². The third kappa shape index (κ3) is 2.94. The van der Waals surface area contributed by atoms with Crippen LogP contribution in [0.1, 0.15) is 54.9 Å². The average Bonchev–Trinajstić information content (AvgIpc) is 2.46. The van der Waals surface area contributed by atoms with Gasteiger partial charge < -0.3 is 10.6 Å². The van der Waals surface area contributed by atoms with E-state index in [1.54, 1.807) is 13.0 Å². The lowest BCUT2D eigenvalue weighted by Gasteiger charge is -2.33. The Hall–Kier alpha value is -1.58. The maximum Gasteiger partial charge on any atom is 0.254 e. The fourth-order valence-electron chi connectivity index (χ4n) is 2.95. The molecule has 0 aromatic heterocycles. The number of carbonyl (C=O) groups is 1. The molecular weight excluding hydrogens is 255 g/mol.